The predicted octanol–water partition coefficient (Wildman–Crippen LogP) is 2.76. The molecule has 7 heteroatoms. The van der Waals surface area contributed by atoms with Crippen molar-refractivity contribution in [2.75, 3.05) is 18.8 Å². The summed E-state index contributed by atoms with van der Waals surface area (Å²) in [6, 6.07) is 6.22. The molecular weight excluding hydrogens is 293 g/mol. The Bertz CT molecular complexity index is 643. The molecule has 1 aromatic heterocycles. The van der Waals surface area contributed by atoms with Crippen LogP contribution in [0.15, 0.2) is 24.3 Å². The molecule has 1 aromatic carbocycles. The molecule has 1 unspecified atom stereocenters. The Morgan fingerprint density at radius 3 is 2.76 bits per heavy atom. The van der Waals surface area contributed by atoms with Crippen molar-refractivity contribution >= 4 is 17.4 Å². The molecule has 3 rings (SSSR count). The summed E-state index contributed by atoms with van der Waals surface area (Å²) < 4.78 is 13.2. The summed E-state index contributed by atoms with van der Waals surface area (Å²) in [6.07, 6.45) is 1.03. The Morgan fingerprint density at radius 2 is 2.10 bits per heavy atom. The number of hydrogen-bond donors (Lipinski definition) is 3. The van der Waals surface area contributed by atoms with Crippen molar-refractivity contribution in [1.82, 2.24) is 21.4 Å². The fourth-order valence-electron chi connectivity index (χ4n) is 2.37. The van der Waals surface area contributed by atoms with E-state index in [2.05, 4.69) is 15.3 Å². The normalized spacial score (nSPS) is 17.5. The molecule has 0 aliphatic carbocycles. The van der Waals surface area contributed by atoms with Crippen LogP contribution in [0.3, 0.4) is 0 Å². The van der Waals surface area contributed by atoms with Crippen LogP contribution in [-0.4, -0.2) is 23.1 Å². The van der Waals surface area contributed by atoms with Crippen LogP contribution in [0.4, 0.5) is 10.2 Å². The smallest absolute Gasteiger partial charge is 0.161 e. The van der Waals surface area contributed by atoms with Gasteiger partial charge in [-0.3, -0.25) is 0 Å². The van der Waals surface area contributed by atoms with Gasteiger partial charge in [-0.25, -0.2) is 14.4 Å². The van der Waals surface area contributed by atoms with Crippen molar-refractivity contribution in [1.29, 1.82) is 0 Å². The summed E-state index contributed by atoms with van der Waals surface area (Å²) in [5.41, 5.74) is 7.43. The van der Waals surface area contributed by atoms with Crippen LogP contribution in [-0.2, 0) is 0 Å². The highest BCUT2D eigenvalue weighted by molar-refractivity contribution is 6.31. The number of benzene rings is 1. The van der Waals surface area contributed by atoms with Crippen molar-refractivity contribution in [2.45, 2.75) is 12.3 Å². The molecule has 0 spiro atoms. The van der Waals surface area contributed by atoms with Gasteiger partial charge in [0.25, 0.3) is 0 Å². The second kappa shape index (κ2) is 6.34. The molecule has 1 fully saturated rings. The molecule has 5 nitrogen and oxygen atoms in total. The third kappa shape index (κ3) is 3.29. The van der Waals surface area contributed by atoms with Gasteiger partial charge in [0, 0.05) is 24.1 Å². The Kier molecular flexibility index (Phi) is 4.72. The first-order valence-electron chi connectivity index (χ1n) is 6.44. The number of nitrogens with one attached hydrogen (secondary N) is 1. The Balaban J connectivity index is 0.00000161. The van der Waals surface area contributed by atoms with Crippen LogP contribution < -0.4 is 17.2 Å². The number of nitrogen functional groups attached to an aromatic ring is 1. The SMILES string of the molecule is N.Nc1cc(C2CCNC2)nc(-c2ccc(F)c(Cl)c2)n1. The van der Waals surface area contributed by atoms with Gasteiger partial charge in [-0.1, -0.05) is 11.6 Å². The van der Waals surface area contributed by atoms with Crippen LogP contribution in [0.2, 0.25) is 5.02 Å². The number of nitrogens with two attached hydrogens (primary N) is 1. The van der Waals surface area contributed by atoms with Gasteiger partial charge in [-0.2, -0.15) is 0 Å². The molecule has 2 heterocycles. The first-order chi connectivity index (χ1) is 9.63. The molecule has 1 aliphatic heterocycles. The van der Waals surface area contributed by atoms with Crippen molar-refractivity contribution in [2.24, 2.45) is 0 Å². The lowest BCUT2D eigenvalue weighted by molar-refractivity contribution is 0.628. The summed E-state index contributed by atoms with van der Waals surface area (Å²) in [7, 11) is 0. The van der Waals surface area contributed by atoms with Crippen molar-refractivity contribution in [3.8, 4) is 11.4 Å². The van der Waals surface area contributed by atoms with Gasteiger partial charge in [-0.15, -0.1) is 0 Å². The van der Waals surface area contributed by atoms with E-state index in [1.807, 2.05) is 0 Å². The molecule has 2 aromatic rings. The summed E-state index contributed by atoms with van der Waals surface area (Å²) in [5, 5.41) is 3.35. The lowest BCUT2D eigenvalue weighted by Crippen LogP contribution is -2.10. The molecule has 0 radical (unpaired) electrons. The van der Waals surface area contributed by atoms with E-state index >= 15 is 0 Å². The average molecular weight is 310 g/mol. The molecule has 0 amide bonds. The number of rotatable bonds is 2. The summed E-state index contributed by atoms with van der Waals surface area (Å²) in [6.45, 7) is 1.87. The van der Waals surface area contributed by atoms with E-state index in [9.17, 15) is 4.39 Å². The van der Waals surface area contributed by atoms with Crippen LogP contribution in [0.25, 0.3) is 11.4 Å². The van der Waals surface area contributed by atoms with E-state index in [0.717, 1.165) is 25.2 Å². The summed E-state index contributed by atoms with van der Waals surface area (Å²) >= 11 is 5.80. The number of aromatic nitrogens is 2. The maximum Gasteiger partial charge on any atom is 0.161 e. The summed E-state index contributed by atoms with van der Waals surface area (Å²) in [4.78, 5) is 8.76. The highest BCUT2D eigenvalue weighted by Crippen LogP contribution is 2.27. The van der Waals surface area contributed by atoms with Gasteiger partial charge < -0.3 is 17.2 Å². The van der Waals surface area contributed by atoms with Gasteiger partial charge in [0.2, 0.25) is 0 Å². The zero-order valence-corrected chi connectivity index (χ0v) is 12.2. The second-order valence-electron chi connectivity index (χ2n) is 4.86. The zero-order valence-electron chi connectivity index (χ0n) is 11.4. The van der Waals surface area contributed by atoms with Crippen LogP contribution >= 0.6 is 11.6 Å². The third-order valence-electron chi connectivity index (χ3n) is 3.42. The molecule has 1 aliphatic rings. The predicted molar refractivity (Wildman–Crippen MR) is 82.1 cm³/mol. The minimum atomic E-state index is -0.459. The quantitative estimate of drug-likeness (QED) is 0.792. The molecular formula is C14H17ClFN5. The Labute approximate surface area is 127 Å². The van der Waals surface area contributed by atoms with Gasteiger partial charge >= 0.3 is 0 Å². The monoisotopic (exact) mass is 309 g/mol. The van der Waals surface area contributed by atoms with E-state index in [1.165, 1.54) is 12.1 Å². The van der Waals surface area contributed by atoms with E-state index in [0.29, 0.717) is 23.1 Å². The lowest BCUT2D eigenvalue weighted by atomic mass is 10.0. The lowest BCUT2D eigenvalue weighted by Gasteiger charge is -2.10. The Morgan fingerprint density at radius 1 is 1.29 bits per heavy atom. The molecule has 21 heavy (non-hydrogen) atoms. The standard InChI is InChI=1S/C14H14ClFN4.H3N/c15-10-5-8(1-2-11(10)16)14-19-12(6-13(17)20-14)9-3-4-18-7-9;/h1-2,5-6,9,18H,3-4,7H2,(H2,17,19,20);1H3. The highest BCUT2D eigenvalue weighted by Gasteiger charge is 2.19. The average Bonchev–Trinajstić information content (AvgIpc) is 2.95. The Hall–Kier alpha value is -1.76. The van der Waals surface area contributed by atoms with Crippen LogP contribution in [0.1, 0.15) is 18.0 Å². The van der Waals surface area contributed by atoms with Gasteiger partial charge in [0.15, 0.2) is 5.82 Å². The van der Waals surface area contributed by atoms with E-state index in [4.69, 9.17) is 17.3 Å². The first kappa shape index (κ1) is 15.6. The number of anilines is 1. The van der Waals surface area contributed by atoms with Gasteiger partial charge in [0.1, 0.15) is 11.6 Å². The van der Waals surface area contributed by atoms with Gasteiger partial charge in [-0.05, 0) is 31.2 Å². The zero-order chi connectivity index (χ0) is 14.1. The molecule has 6 N–H and O–H groups in total. The molecule has 1 saturated heterocycles. The van der Waals surface area contributed by atoms with Crippen LogP contribution in [0.5, 0.6) is 0 Å². The van der Waals surface area contributed by atoms with Gasteiger partial charge in [0.05, 0.1) is 10.7 Å². The maximum absolute atomic E-state index is 13.2. The van der Waals surface area contributed by atoms with Crippen LogP contribution in [0, 0.1) is 5.82 Å². The number of halogens is 2. The third-order valence-corrected chi connectivity index (χ3v) is 3.71. The topological polar surface area (TPSA) is 98.8 Å². The summed E-state index contributed by atoms with van der Waals surface area (Å²) in [5.74, 6) is 0.778. The molecule has 0 bridgehead atoms. The molecule has 1 atom stereocenters. The minimum Gasteiger partial charge on any atom is -0.384 e. The largest absolute Gasteiger partial charge is 0.384 e. The minimum absolute atomic E-state index is 0. The first-order valence-corrected chi connectivity index (χ1v) is 6.82. The second-order valence-corrected chi connectivity index (χ2v) is 5.27. The highest BCUT2D eigenvalue weighted by atomic mass is 35.5. The number of hydrogen-bond acceptors (Lipinski definition) is 5. The van der Waals surface area contributed by atoms with Crippen molar-refractivity contribution in [3.63, 3.8) is 0 Å². The van der Waals surface area contributed by atoms with Crippen molar-refractivity contribution in [3.05, 3.63) is 40.8 Å². The van der Waals surface area contributed by atoms with E-state index in [-0.39, 0.29) is 11.2 Å². The molecule has 0 saturated carbocycles. The van der Waals surface area contributed by atoms with E-state index < -0.39 is 5.82 Å². The maximum atomic E-state index is 13.2. The molecule has 112 valence electrons. The number of nitrogens with zero attached hydrogens (tertiary/aromatic N) is 2. The fraction of sp³-hybridized carbons (Fsp3) is 0.286. The van der Waals surface area contributed by atoms with E-state index in [1.54, 1.807) is 12.1 Å². The fourth-order valence-corrected chi connectivity index (χ4v) is 2.55. The van der Waals surface area contributed by atoms with Crippen molar-refractivity contribution < 1.29 is 4.39 Å².